The van der Waals surface area contributed by atoms with Crippen molar-refractivity contribution < 1.29 is 9.50 Å². The van der Waals surface area contributed by atoms with E-state index in [0.29, 0.717) is 0 Å². The van der Waals surface area contributed by atoms with Crippen LogP contribution in [0.4, 0.5) is 10.1 Å². The molecule has 1 atom stereocenters. The highest BCUT2D eigenvalue weighted by Crippen LogP contribution is 2.30. The summed E-state index contributed by atoms with van der Waals surface area (Å²) in [6.07, 6.45) is 0. The quantitative estimate of drug-likeness (QED) is 0.894. The minimum Gasteiger partial charge on any atom is -0.394 e. The molecule has 2 rings (SSSR count). The Morgan fingerprint density at radius 1 is 1.16 bits per heavy atom. The summed E-state index contributed by atoms with van der Waals surface area (Å²) in [5.41, 5.74) is 1.04. The Kier molecular flexibility index (Phi) is 4.22. The molecule has 100 valence electrons. The van der Waals surface area contributed by atoms with E-state index in [2.05, 4.69) is 21.2 Å². The minimum atomic E-state index is -0.669. The van der Waals surface area contributed by atoms with E-state index in [1.807, 2.05) is 31.2 Å². The number of nitrogens with one attached hydrogen (secondary N) is 1. The van der Waals surface area contributed by atoms with Crippen LogP contribution in [0.2, 0.25) is 0 Å². The Hall–Kier alpha value is -1.39. The molecule has 0 radical (unpaired) electrons. The van der Waals surface area contributed by atoms with E-state index in [4.69, 9.17) is 0 Å². The zero-order valence-corrected chi connectivity index (χ0v) is 12.1. The molecule has 2 aromatic rings. The second kappa shape index (κ2) is 5.72. The molecule has 4 heteroatoms. The predicted octanol–water partition coefficient (Wildman–Crippen LogP) is 3.91. The van der Waals surface area contributed by atoms with Gasteiger partial charge < -0.3 is 10.4 Å². The minimum absolute atomic E-state index is 0.0973. The molecule has 0 fully saturated rings. The number of para-hydroxylation sites is 1. The van der Waals surface area contributed by atoms with Crippen molar-refractivity contribution in [3.8, 4) is 0 Å². The van der Waals surface area contributed by atoms with Gasteiger partial charge in [-0.2, -0.15) is 0 Å². The summed E-state index contributed by atoms with van der Waals surface area (Å²) in [4.78, 5) is 0. The Labute approximate surface area is 120 Å². The molecule has 0 spiro atoms. The Balaban J connectivity index is 2.33. The van der Waals surface area contributed by atoms with Gasteiger partial charge in [-0.25, -0.2) is 4.39 Å². The highest BCUT2D eigenvalue weighted by molar-refractivity contribution is 9.10. The molecule has 2 nitrogen and oxygen atoms in total. The van der Waals surface area contributed by atoms with Crippen molar-refractivity contribution in [3.05, 3.63) is 64.4 Å². The van der Waals surface area contributed by atoms with Crippen LogP contribution < -0.4 is 5.32 Å². The SMILES string of the molecule is CC(CO)(Nc1ccccc1Br)c1ccc(F)cc1. The summed E-state index contributed by atoms with van der Waals surface area (Å²) >= 11 is 3.46. The summed E-state index contributed by atoms with van der Waals surface area (Å²) < 4.78 is 13.9. The van der Waals surface area contributed by atoms with Crippen LogP contribution >= 0.6 is 15.9 Å². The van der Waals surface area contributed by atoms with Crippen LogP contribution in [-0.4, -0.2) is 11.7 Å². The first kappa shape index (κ1) is 14.0. The molecule has 0 aliphatic carbocycles. The van der Waals surface area contributed by atoms with Gasteiger partial charge in [0.1, 0.15) is 5.82 Å². The smallest absolute Gasteiger partial charge is 0.123 e. The lowest BCUT2D eigenvalue weighted by molar-refractivity contribution is 0.224. The van der Waals surface area contributed by atoms with Crippen molar-refractivity contribution in [1.82, 2.24) is 0 Å². The third-order valence-corrected chi connectivity index (χ3v) is 3.77. The van der Waals surface area contributed by atoms with Crippen LogP contribution in [-0.2, 0) is 5.54 Å². The van der Waals surface area contributed by atoms with Gasteiger partial charge in [0.15, 0.2) is 0 Å². The number of halogens is 2. The number of aliphatic hydroxyl groups excluding tert-OH is 1. The van der Waals surface area contributed by atoms with E-state index in [0.717, 1.165) is 15.7 Å². The lowest BCUT2D eigenvalue weighted by Gasteiger charge is -2.31. The fourth-order valence-corrected chi connectivity index (χ4v) is 2.26. The molecule has 0 amide bonds. The maximum atomic E-state index is 13.0. The summed E-state index contributed by atoms with van der Waals surface area (Å²) in [5.74, 6) is -0.287. The van der Waals surface area contributed by atoms with Crippen LogP contribution in [0, 0.1) is 5.82 Å². The van der Waals surface area contributed by atoms with E-state index in [1.54, 1.807) is 12.1 Å². The summed E-state index contributed by atoms with van der Waals surface area (Å²) in [5, 5.41) is 13.0. The number of hydrogen-bond donors (Lipinski definition) is 2. The van der Waals surface area contributed by atoms with Gasteiger partial charge in [-0.3, -0.25) is 0 Å². The Morgan fingerprint density at radius 2 is 1.79 bits per heavy atom. The van der Waals surface area contributed by atoms with Crippen LogP contribution in [0.5, 0.6) is 0 Å². The first-order valence-electron chi connectivity index (χ1n) is 5.95. The fourth-order valence-electron chi connectivity index (χ4n) is 1.88. The third-order valence-electron chi connectivity index (χ3n) is 3.08. The lowest BCUT2D eigenvalue weighted by Crippen LogP contribution is -2.36. The van der Waals surface area contributed by atoms with Gasteiger partial charge in [0.25, 0.3) is 0 Å². The first-order chi connectivity index (χ1) is 9.05. The second-order valence-corrected chi connectivity index (χ2v) is 5.46. The largest absolute Gasteiger partial charge is 0.394 e. The number of aliphatic hydroxyl groups is 1. The van der Waals surface area contributed by atoms with E-state index < -0.39 is 5.54 Å². The van der Waals surface area contributed by atoms with Gasteiger partial charge in [0.05, 0.1) is 12.1 Å². The van der Waals surface area contributed by atoms with Crippen molar-refractivity contribution in [1.29, 1.82) is 0 Å². The molecular formula is C15H15BrFNO. The van der Waals surface area contributed by atoms with Crippen molar-refractivity contribution in [2.24, 2.45) is 0 Å². The Morgan fingerprint density at radius 3 is 2.37 bits per heavy atom. The lowest BCUT2D eigenvalue weighted by atomic mass is 9.92. The monoisotopic (exact) mass is 323 g/mol. The number of hydrogen-bond acceptors (Lipinski definition) is 2. The number of rotatable bonds is 4. The van der Waals surface area contributed by atoms with Gasteiger partial charge in [-0.05, 0) is 52.7 Å². The molecule has 0 heterocycles. The van der Waals surface area contributed by atoms with Crippen LogP contribution in [0.1, 0.15) is 12.5 Å². The molecule has 0 aliphatic rings. The maximum Gasteiger partial charge on any atom is 0.123 e. The molecule has 19 heavy (non-hydrogen) atoms. The molecule has 2 N–H and O–H groups in total. The molecule has 0 aromatic heterocycles. The predicted molar refractivity (Wildman–Crippen MR) is 78.6 cm³/mol. The van der Waals surface area contributed by atoms with Crippen LogP contribution in [0.3, 0.4) is 0 Å². The number of benzene rings is 2. The second-order valence-electron chi connectivity index (χ2n) is 4.60. The van der Waals surface area contributed by atoms with Crippen LogP contribution in [0.25, 0.3) is 0 Å². The van der Waals surface area contributed by atoms with Gasteiger partial charge in [-0.1, -0.05) is 24.3 Å². The molecule has 0 bridgehead atoms. The summed E-state index contributed by atoms with van der Waals surface area (Å²) in [6, 6.07) is 13.8. The highest BCUT2D eigenvalue weighted by Gasteiger charge is 2.26. The average Bonchev–Trinajstić information content (AvgIpc) is 2.42. The maximum absolute atomic E-state index is 13.0. The normalized spacial score (nSPS) is 13.9. The molecule has 2 aromatic carbocycles. The fraction of sp³-hybridized carbons (Fsp3) is 0.200. The third kappa shape index (κ3) is 3.14. The molecule has 0 aliphatic heterocycles. The van der Waals surface area contributed by atoms with Crippen molar-refractivity contribution in [2.45, 2.75) is 12.5 Å². The number of anilines is 1. The van der Waals surface area contributed by atoms with E-state index in [9.17, 15) is 9.50 Å². The van der Waals surface area contributed by atoms with Gasteiger partial charge >= 0.3 is 0 Å². The topological polar surface area (TPSA) is 32.3 Å². The zero-order chi connectivity index (χ0) is 13.9. The van der Waals surface area contributed by atoms with Gasteiger partial charge in [-0.15, -0.1) is 0 Å². The molecular weight excluding hydrogens is 309 g/mol. The zero-order valence-electron chi connectivity index (χ0n) is 10.5. The van der Waals surface area contributed by atoms with Gasteiger partial charge in [0, 0.05) is 10.2 Å². The molecule has 1 unspecified atom stereocenters. The highest BCUT2D eigenvalue weighted by atomic mass is 79.9. The van der Waals surface area contributed by atoms with Crippen molar-refractivity contribution >= 4 is 21.6 Å². The van der Waals surface area contributed by atoms with E-state index in [1.165, 1.54) is 12.1 Å². The van der Waals surface area contributed by atoms with Gasteiger partial charge in [0.2, 0.25) is 0 Å². The first-order valence-corrected chi connectivity index (χ1v) is 6.74. The molecule has 0 saturated heterocycles. The summed E-state index contributed by atoms with van der Waals surface area (Å²) in [7, 11) is 0. The molecule has 0 saturated carbocycles. The summed E-state index contributed by atoms with van der Waals surface area (Å²) in [6.45, 7) is 1.78. The van der Waals surface area contributed by atoms with Crippen molar-refractivity contribution in [3.63, 3.8) is 0 Å². The van der Waals surface area contributed by atoms with E-state index in [-0.39, 0.29) is 12.4 Å². The average molecular weight is 324 g/mol. The Bertz CT molecular complexity index is 558. The van der Waals surface area contributed by atoms with Crippen molar-refractivity contribution in [2.75, 3.05) is 11.9 Å². The van der Waals surface area contributed by atoms with Crippen LogP contribution in [0.15, 0.2) is 53.0 Å². The van der Waals surface area contributed by atoms with E-state index >= 15 is 0 Å². The standard InChI is InChI=1S/C15H15BrFNO/c1-15(10-19,11-6-8-12(17)9-7-11)18-14-5-3-2-4-13(14)16/h2-9,18-19H,10H2,1H3.